The first-order valence-corrected chi connectivity index (χ1v) is 18.6. The molecule has 0 saturated carbocycles. The lowest BCUT2D eigenvalue weighted by Gasteiger charge is -2.24. The molecule has 5 rings (SSSR count). The van der Waals surface area contributed by atoms with Gasteiger partial charge < -0.3 is 33.5 Å². The Morgan fingerprint density at radius 1 is 0.925 bits per heavy atom. The van der Waals surface area contributed by atoms with Crippen LogP contribution in [0.15, 0.2) is 60.7 Å². The summed E-state index contributed by atoms with van der Waals surface area (Å²) in [6.45, 7) is 11.5. The lowest BCUT2D eigenvalue weighted by atomic mass is 9.98. The number of hydrogen-bond donors (Lipinski definition) is 1. The molecule has 5 aromatic rings. The highest BCUT2D eigenvalue weighted by atomic mass is 16.6. The van der Waals surface area contributed by atoms with E-state index in [-0.39, 0.29) is 25.9 Å². The Hall–Kier alpha value is -4.87. The van der Waals surface area contributed by atoms with Crippen LogP contribution in [0, 0.1) is 0 Å². The summed E-state index contributed by atoms with van der Waals surface area (Å²) in [6.07, 6.45) is 2.20. The van der Waals surface area contributed by atoms with Crippen molar-refractivity contribution >= 4 is 33.7 Å². The van der Waals surface area contributed by atoms with Crippen LogP contribution in [0.4, 0.5) is 4.79 Å². The van der Waals surface area contributed by atoms with E-state index in [4.69, 9.17) is 24.0 Å². The number of aryl methyl sites for hydroxylation is 3. The van der Waals surface area contributed by atoms with E-state index in [9.17, 15) is 14.7 Å². The number of carbonyl (C=O) groups is 2. The zero-order valence-electron chi connectivity index (χ0n) is 32.2. The third-order valence-electron chi connectivity index (χ3n) is 9.16. The van der Waals surface area contributed by atoms with E-state index < -0.39 is 11.6 Å². The first-order valence-electron chi connectivity index (χ1n) is 18.6. The van der Waals surface area contributed by atoms with Gasteiger partial charge in [0.2, 0.25) is 0 Å². The van der Waals surface area contributed by atoms with Crippen LogP contribution in [0.25, 0.3) is 32.8 Å². The zero-order chi connectivity index (χ0) is 38.1. The smallest absolute Gasteiger partial charge is 0.410 e. The van der Waals surface area contributed by atoms with Gasteiger partial charge in [0.25, 0.3) is 0 Å². The summed E-state index contributed by atoms with van der Waals surface area (Å²) >= 11 is 0. The van der Waals surface area contributed by atoms with Gasteiger partial charge in [0, 0.05) is 55.7 Å². The summed E-state index contributed by atoms with van der Waals surface area (Å²) in [4.78, 5) is 28.2. The Bertz CT molecular complexity index is 2020. The van der Waals surface area contributed by atoms with Crippen molar-refractivity contribution in [2.24, 2.45) is 7.05 Å². The Labute approximate surface area is 312 Å². The van der Waals surface area contributed by atoms with Crippen LogP contribution in [0.2, 0.25) is 0 Å². The largest absolute Gasteiger partial charge is 0.493 e. The van der Waals surface area contributed by atoms with Crippen molar-refractivity contribution in [3.63, 3.8) is 0 Å². The fourth-order valence-corrected chi connectivity index (χ4v) is 6.81. The van der Waals surface area contributed by atoms with E-state index in [1.165, 1.54) is 0 Å². The van der Waals surface area contributed by atoms with Crippen molar-refractivity contribution in [3.05, 3.63) is 83.3 Å². The van der Waals surface area contributed by atoms with Crippen LogP contribution in [0.5, 0.6) is 5.75 Å². The van der Waals surface area contributed by atoms with Crippen LogP contribution in [0.3, 0.4) is 0 Å². The molecule has 2 heterocycles. The summed E-state index contributed by atoms with van der Waals surface area (Å²) in [6, 6.07) is 20.3. The molecule has 0 fully saturated rings. The van der Waals surface area contributed by atoms with E-state index in [1.807, 2.05) is 84.1 Å². The van der Waals surface area contributed by atoms with Gasteiger partial charge in [0.1, 0.15) is 17.0 Å². The fraction of sp³-hybridized carbons (Fsp3) is 0.452. The number of benzene rings is 3. The maximum atomic E-state index is 14.0. The zero-order valence-corrected chi connectivity index (χ0v) is 32.2. The topological polar surface area (TPSA) is 117 Å². The molecule has 2 aromatic heterocycles. The van der Waals surface area contributed by atoms with Gasteiger partial charge in [0.05, 0.1) is 43.3 Å². The minimum absolute atomic E-state index is 0.220. The molecule has 0 saturated heterocycles. The summed E-state index contributed by atoms with van der Waals surface area (Å²) in [7, 11) is 3.55. The Balaban J connectivity index is 1.55. The number of fused-ring (bicyclic) bond motifs is 2. The number of aliphatic hydroxyl groups is 1. The van der Waals surface area contributed by atoms with Gasteiger partial charge in [-0.3, -0.25) is 4.68 Å². The number of esters is 1. The summed E-state index contributed by atoms with van der Waals surface area (Å²) in [5, 5.41) is 18.4. The molecule has 0 aliphatic heterocycles. The summed E-state index contributed by atoms with van der Waals surface area (Å²) in [5.41, 5.74) is 4.66. The number of ether oxygens (including phenoxy) is 4. The lowest BCUT2D eigenvalue weighted by molar-refractivity contribution is 0.0295. The molecule has 11 nitrogen and oxygen atoms in total. The third-order valence-corrected chi connectivity index (χ3v) is 9.16. The summed E-state index contributed by atoms with van der Waals surface area (Å²) in [5.74, 6) is 0.429. The van der Waals surface area contributed by atoms with Crippen LogP contribution < -0.4 is 4.74 Å². The average molecular weight is 727 g/mol. The predicted octanol–water partition coefficient (Wildman–Crippen LogP) is 8.06. The van der Waals surface area contributed by atoms with E-state index in [1.54, 1.807) is 16.6 Å². The second-order valence-electron chi connectivity index (χ2n) is 14.1. The van der Waals surface area contributed by atoms with Crippen molar-refractivity contribution in [1.82, 2.24) is 19.2 Å². The number of rotatable bonds is 17. The molecular weight excluding hydrogens is 672 g/mol. The average Bonchev–Trinajstić information content (AvgIpc) is 3.63. The van der Waals surface area contributed by atoms with Gasteiger partial charge >= 0.3 is 12.1 Å². The van der Waals surface area contributed by atoms with Crippen molar-refractivity contribution in [2.45, 2.75) is 85.7 Å². The van der Waals surface area contributed by atoms with E-state index >= 15 is 0 Å². The van der Waals surface area contributed by atoms with Gasteiger partial charge in [-0.15, -0.1) is 0 Å². The number of hydrogen-bond acceptors (Lipinski definition) is 8. The van der Waals surface area contributed by atoms with Crippen LogP contribution >= 0.6 is 0 Å². The number of aliphatic hydroxyl groups excluding tert-OH is 1. The molecular formula is C42H54N4O7. The second-order valence-corrected chi connectivity index (χ2v) is 14.1. The maximum Gasteiger partial charge on any atom is 0.410 e. The molecule has 0 aliphatic rings. The first-order chi connectivity index (χ1) is 25.5. The molecule has 0 unspecified atom stereocenters. The Morgan fingerprint density at radius 3 is 2.40 bits per heavy atom. The Kier molecular flexibility index (Phi) is 13.2. The lowest BCUT2D eigenvalue weighted by Crippen LogP contribution is -2.34. The van der Waals surface area contributed by atoms with Gasteiger partial charge in [-0.05, 0) is 77.3 Å². The molecule has 53 heavy (non-hydrogen) atoms. The molecule has 0 spiro atoms. The minimum Gasteiger partial charge on any atom is -0.493 e. The van der Waals surface area contributed by atoms with Gasteiger partial charge in [-0.25, -0.2) is 9.59 Å². The van der Waals surface area contributed by atoms with Crippen molar-refractivity contribution in [1.29, 1.82) is 0 Å². The number of para-hydroxylation sites is 1. The normalized spacial score (nSPS) is 11.7. The molecule has 11 heteroatoms. The minimum atomic E-state index is -0.586. The van der Waals surface area contributed by atoms with Gasteiger partial charge in [-0.1, -0.05) is 54.6 Å². The van der Waals surface area contributed by atoms with Gasteiger partial charge in [0.15, 0.2) is 0 Å². The highest BCUT2D eigenvalue weighted by Gasteiger charge is 2.28. The van der Waals surface area contributed by atoms with Crippen LogP contribution in [-0.2, 0) is 47.4 Å². The van der Waals surface area contributed by atoms with Crippen LogP contribution in [-0.4, -0.2) is 75.4 Å². The van der Waals surface area contributed by atoms with Gasteiger partial charge in [-0.2, -0.15) is 5.10 Å². The van der Waals surface area contributed by atoms with Crippen molar-refractivity contribution in [2.75, 3.05) is 33.4 Å². The molecule has 1 N–H and O–H groups in total. The number of nitrogens with zero attached hydrogens (tertiary/aromatic N) is 4. The first kappa shape index (κ1) is 39.3. The SMILES string of the molecule is CCOCc1nn(C)c(CO)c1-c1cccc2c(CCCOc3cccc4ccccc34)c(C(=O)OCC)n(CCCCN(C)C(=O)OC(C)(C)C)c12. The number of unbranched alkanes of at least 4 members (excludes halogenated alkanes) is 1. The molecule has 0 atom stereocenters. The molecule has 0 radical (unpaired) electrons. The quantitative estimate of drug-likeness (QED) is 0.0756. The highest BCUT2D eigenvalue weighted by Crippen LogP contribution is 2.39. The predicted molar refractivity (Wildman–Crippen MR) is 207 cm³/mol. The number of carbonyl (C=O) groups excluding carboxylic acids is 2. The third kappa shape index (κ3) is 9.20. The molecule has 0 aliphatic carbocycles. The fourth-order valence-electron chi connectivity index (χ4n) is 6.81. The van der Waals surface area contributed by atoms with Crippen molar-refractivity contribution < 1.29 is 33.6 Å². The van der Waals surface area contributed by atoms with E-state index in [0.717, 1.165) is 44.1 Å². The molecule has 1 amide bonds. The molecule has 3 aromatic carbocycles. The molecule has 284 valence electrons. The Morgan fingerprint density at radius 2 is 1.66 bits per heavy atom. The highest BCUT2D eigenvalue weighted by molar-refractivity contribution is 6.05. The number of aromatic nitrogens is 3. The second kappa shape index (κ2) is 17.8. The van der Waals surface area contributed by atoms with E-state index in [0.29, 0.717) is 69.1 Å². The monoisotopic (exact) mass is 726 g/mol. The number of amides is 1. The molecule has 0 bridgehead atoms. The maximum absolute atomic E-state index is 14.0. The van der Waals surface area contributed by atoms with Crippen LogP contribution in [0.1, 0.15) is 81.3 Å². The van der Waals surface area contributed by atoms with Crippen molar-refractivity contribution in [3.8, 4) is 16.9 Å². The standard InChI is InChI=1S/C42H54N4O7/c1-8-50-28-34-37(35(27-47)45(7)43-34)33-21-15-20-31-32(22-16-26-52-36-23-14-18-29-17-10-11-19-30(29)36)39(40(48)51-9-2)46(38(31)33)25-13-12-24-44(6)41(49)53-42(3,4)5/h10-11,14-15,17-21,23,47H,8-9,12-13,16,22,24-28H2,1-7H3. The summed E-state index contributed by atoms with van der Waals surface area (Å²) < 4.78 is 27.2. The van der Waals surface area contributed by atoms with E-state index in [2.05, 4.69) is 22.8 Å².